The van der Waals surface area contributed by atoms with Gasteiger partial charge in [-0.25, -0.2) is 9.78 Å². The van der Waals surface area contributed by atoms with Crippen LogP contribution in [0.3, 0.4) is 0 Å². The number of aliphatic hydroxyl groups is 1. The number of esters is 1. The molecule has 0 radical (unpaired) electrons. The van der Waals surface area contributed by atoms with Crippen LogP contribution in [0.2, 0.25) is 0 Å². The third-order valence-electron chi connectivity index (χ3n) is 3.12. The van der Waals surface area contributed by atoms with Crippen LogP contribution in [-0.4, -0.2) is 36.6 Å². The summed E-state index contributed by atoms with van der Waals surface area (Å²) in [6.45, 7) is 2.73. The van der Waals surface area contributed by atoms with Crippen molar-refractivity contribution in [3.8, 4) is 5.75 Å². The van der Waals surface area contributed by atoms with Crippen LogP contribution >= 0.6 is 27.3 Å². The summed E-state index contributed by atoms with van der Waals surface area (Å²) in [5.41, 5.74) is -5.91. The van der Waals surface area contributed by atoms with E-state index in [-0.39, 0.29) is 26.3 Å². The molecule has 1 aromatic carbocycles. The predicted octanol–water partition coefficient (Wildman–Crippen LogP) is 3.19. The van der Waals surface area contributed by atoms with Gasteiger partial charge in [0.05, 0.1) is 16.8 Å². The zero-order chi connectivity index (χ0) is 19.9. The number of aliphatic hydroxyl groups excluding tert-OH is 1. The van der Waals surface area contributed by atoms with Crippen LogP contribution in [0, 0.1) is 6.92 Å². The highest BCUT2D eigenvalue weighted by molar-refractivity contribution is 9.11. The van der Waals surface area contributed by atoms with Crippen LogP contribution in [0.15, 0.2) is 9.98 Å². The highest BCUT2D eigenvalue weighted by Gasteiger charge is 2.49. The quantitative estimate of drug-likeness (QED) is 0.400. The molecular weight excluding hydrogens is 467 g/mol. The molecule has 0 unspecified atom stereocenters. The normalized spacial score (nSPS) is 13.7. The average molecular weight is 478 g/mol. The number of halogens is 4. The summed E-state index contributed by atoms with van der Waals surface area (Å²) >= 11 is 3.82. The van der Waals surface area contributed by atoms with Gasteiger partial charge in [0.1, 0.15) is 0 Å². The lowest BCUT2D eigenvalue weighted by Crippen LogP contribution is -2.29. The molecule has 0 aliphatic rings. The minimum atomic E-state index is -6.04. The molecule has 0 amide bonds. The zero-order valence-corrected chi connectivity index (χ0v) is 16.3. The lowest BCUT2D eigenvalue weighted by atomic mass is 10.0. The lowest BCUT2D eigenvalue weighted by Gasteiger charge is -2.18. The molecule has 1 N–H and O–H groups in total. The van der Waals surface area contributed by atoms with Gasteiger partial charge in [-0.2, -0.15) is 21.6 Å². The molecule has 1 atom stereocenters. The maximum absolute atomic E-state index is 12.7. The van der Waals surface area contributed by atoms with Gasteiger partial charge in [0.25, 0.3) is 0 Å². The first-order chi connectivity index (χ1) is 11.9. The topological polar surface area (TPSA) is 103 Å². The van der Waals surface area contributed by atoms with Gasteiger partial charge in [0.15, 0.2) is 15.8 Å². The van der Waals surface area contributed by atoms with Gasteiger partial charge in [-0.05, 0) is 41.4 Å². The van der Waals surface area contributed by atoms with Crippen molar-refractivity contribution in [2.75, 3.05) is 6.61 Å². The van der Waals surface area contributed by atoms with Crippen LogP contribution in [0.5, 0.6) is 5.75 Å². The van der Waals surface area contributed by atoms with Crippen molar-refractivity contribution in [2.24, 2.45) is 0 Å². The van der Waals surface area contributed by atoms with Gasteiger partial charge in [0, 0.05) is 5.56 Å². The Bertz CT molecular complexity index is 957. The number of ether oxygens (including phenoxy) is 1. The number of nitrogens with zero attached hydrogens (tertiary/aromatic N) is 1. The average Bonchev–Trinajstić information content (AvgIpc) is 2.85. The van der Waals surface area contributed by atoms with Crippen molar-refractivity contribution in [1.29, 1.82) is 0 Å². The van der Waals surface area contributed by atoms with Gasteiger partial charge in [-0.15, -0.1) is 11.3 Å². The molecule has 0 aliphatic heterocycles. The highest BCUT2D eigenvalue weighted by Crippen LogP contribution is 2.43. The van der Waals surface area contributed by atoms with E-state index >= 15 is 0 Å². The lowest BCUT2D eigenvalue weighted by molar-refractivity contribution is -0.153. The standard InChI is InChI=1S/C13H11BrF3NO6S2/c1-3-23-11(20)8(19)7-5(2)4-6-10(25-12(14)18-6)9(7)24-26(21,22)13(15,16)17/h4,8,19H,3H2,1-2H3/t8-/m1/s1. The Balaban J connectivity index is 2.75. The van der Waals surface area contributed by atoms with E-state index in [0.717, 1.165) is 11.3 Å². The van der Waals surface area contributed by atoms with Crippen molar-refractivity contribution in [3.63, 3.8) is 0 Å². The molecule has 0 bridgehead atoms. The Morgan fingerprint density at radius 2 is 2.08 bits per heavy atom. The molecule has 13 heteroatoms. The van der Waals surface area contributed by atoms with Gasteiger partial charge in [0.2, 0.25) is 0 Å². The fourth-order valence-corrected chi connectivity index (χ4v) is 4.05. The number of hydrogen-bond acceptors (Lipinski definition) is 8. The number of hydrogen-bond donors (Lipinski definition) is 1. The Kier molecular flexibility index (Phi) is 5.85. The van der Waals surface area contributed by atoms with Crippen LogP contribution in [0.4, 0.5) is 13.2 Å². The zero-order valence-electron chi connectivity index (χ0n) is 13.1. The number of aryl methyl sites for hydroxylation is 1. The van der Waals surface area contributed by atoms with Crippen molar-refractivity contribution >= 4 is 53.6 Å². The summed E-state index contributed by atoms with van der Waals surface area (Å²) in [7, 11) is -6.04. The molecule has 2 aromatic rings. The third kappa shape index (κ3) is 3.94. The van der Waals surface area contributed by atoms with Gasteiger partial charge in [-0.3, -0.25) is 0 Å². The Morgan fingerprint density at radius 1 is 1.46 bits per heavy atom. The first-order valence-corrected chi connectivity index (χ1v) is 9.85. The maximum Gasteiger partial charge on any atom is 0.534 e. The second-order valence-corrected chi connectivity index (χ2v) is 8.70. The summed E-state index contributed by atoms with van der Waals surface area (Å²) in [5.74, 6) is -1.98. The Morgan fingerprint density at radius 3 is 2.62 bits per heavy atom. The summed E-state index contributed by atoms with van der Waals surface area (Å²) in [6, 6.07) is 1.38. The summed E-state index contributed by atoms with van der Waals surface area (Å²) < 4.78 is 70.3. The molecule has 0 spiro atoms. The second kappa shape index (κ2) is 7.29. The number of thiazole rings is 1. The Hall–Kier alpha value is -1.44. The van der Waals surface area contributed by atoms with Crippen LogP contribution < -0.4 is 4.18 Å². The molecule has 7 nitrogen and oxygen atoms in total. The van der Waals surface area contributed by atoms with E-state index in [0.29, 0.717) is 0 Å². The van der Waals surface area contributed by atoms with E-state index in [4.69, 9.17) is 0 Å². The molecule has 0 aliphatic carbocycles. The SMILES string of the molecule is CCOC(=O)[C@H](O)c1c(C)cc2nc(Br)sc2c1OS(=O)(=O)C(F)(F)F. The van der Waals surface area contributed by atoms with Crippen molar-refractivity contribution in [2.45, 2.75) is 25.5 Å². The van der Waals surface area contributed by atoms with Crippen molar-refractivity contribution in [3.05, 3.63) is 21.1 Å². The number of carbonyl (C=O) groups is 1. The fraction of sp³-hybridized carbons (Fsp3) is 0.385. The largest absolute Gasteiger partial charge is 0.534 e. The molecule has 144 valence electrons. The molecule has 2 rings (SSSR count). The molecule has 1 aromatic heterocycles. The van der Waals surface area contributed by atoms with Gasteiger partial charge >= 0.3 is 21.6 Å². The number of alkyl halides is 3. The van der Waals surface area contributed by atoms with E-state index in [1.54, 1.807) is 0 Å². The monoisotopic (exact) mass is 477 g/mol. The molecule has 0 saturated heterocycles. The summed E-state index contributed by atoms with van der Waals surface area (Å²) in [4.78, 5) is 15.8. The van der Waals surface area contributed by atoms with E-state index in [1.807, 2.05) is 0 Å². The van der Waals surface area contributed by atoms with Crippen molar-refractivity contribution < 1.29 is 40.4 Å². The molecule has 1 heterocycles. The summed E-state index contributed by atoms with van der Waals surface area (Å²) in [5, 5.41) is 10.2. The number of aromatic nitrogens is 1. The third-order valence-corrected chi connectivity index (χ3v) is 5.59. The number of rotatable bonds is 5. The fourth-order valence-electron chi connectivity index (χ4n) is 2.07. The smallest absolute Gasteiger partial charge is 0.464 e. The molecule has 26 heavy (non-hydrogen) atoms. The molecular formula is C13H11BrF3NO6S2. The maximum atomic E-state index is 12.7. The minimum Gasteiger partial charge on any atom is -0.464 e. The van der Waals surface area contributed by atoms with E-state index in [9.17, 15) is 31.5 Å². The van der Waals surface area contributed by atoms with Gasteiger partial charge < -0.3 is 14.0 Å². The summed E-state index contributed by atoms with van der Waals surface area (Å²) in [6.07, 6.45) is -2.04. The molecule has 0 fully saturated rings. The second-order valence-electron chi connectivity index (χ2n) is 4.89. The van der Waals surface area contributed by atoms with Crippen LogP contribution in [0.1, 0.15) is 24.2 Å². The van der Waals surface area contributed by atoms with Crippen LogP contribution in [-0.2, 0) is 19.6 Å². The highest BCUT2D eigenvalue weighted by atomic mass is 79.9. The van der Waals surface area contributed by atoms with E-state index < -0.39 is 39.0 Å². The number of fused-ring (bicyclic) bond motifs is 1. The number of benzene rings is 1. The first-order valence-electron chi connectivity index (χ1n) is 6.84. The Labute approximate surface area is 158 Å². The van der Waals surface area contributed by atoms with E-state index in [2.05, 4.69) is 29.8 Å². The van der Waals surface area contributed by atoms with Gasteiger partial charge in [-0.1, -0.05) is 0 Å². The molecule has 0 saturated carbocycles. The van der Waals surface area contributed by atoms with Crippen LogP contribution in [0.25, 0.3) is 10.2 Å². The van der Waals surface area contributed by atoms with E-state index in [1.165, 1.54) is 19.9 Å². The number of carbonyl (C=O) groups excluding carboxylic acids is 1. The van der Waals surface area contributed by atoms with Crippen molar-refractivity contribution in [1.82, 2.24) is 4.98 Å². The first kappa shape index (κ1) is 20.9. The minimum absolute atomic E-state index is 0.0892. The predicted molar refractivity (Wildman–Crippen MR) is 89.3 cm³/mol.